The number of aryl methyl sites for hydroxylation is 2. The van der Waals surface area contributed by atoms with E-state index in [1.165, 1.54) is 11.1 Å². The van der Waals surface area contributed by atoms with Crippen LogP contribution in [0.4, 0.5) is 0 Å². The van der Waals surface area contributed by atoms with Gasteiger partial charge in [-0.1, -0.05) is 12.1 Å². The maximum atomic E-state index is 5.98. The van der Waals surface area contributed by atoms with Gasteiger partial charge in [-0.25, -0.2) is 4.98 Å². The lowest BCUT2D eigenvalue weighted by Gasteiger charge is -2.09. The monoisotopic (exact) mass is 266 g/mol. The first-order chi connectivity index (χ1) is 8.77. The van der Waals surface area contributed by atoms with Crippen molar-refractivity contribution in [2.75, 3.05) is 13.2 Å². The number of imidazole rings is 1. The number of nitrogens with zero attached hydrogens (tertiary/aromatic N) is 2. The Bertz CT molecular complexity index is 522. The van der Waals surface area contributed by atoms with Crippen LogP contribution in [0.5, 0.6) is 0 Å². The molecule has 2 aromatic rings. The van der Waals surface area contributed by atoms with Crippen LogP contribution in [0, 0.1) is 6.92 Å². The minimum Gasteiger partial charge on any atom is -0.382 e. The van der Waals surface area contributed by atoms with E-state index in [1.807, 2.05) is 19.1 Å². The fraction of sp³-hybridized carbons (Fsp3) is 0.500. The molecule has 4 heteroatoms. The Balaban J connectivity index is 2.28. The van der Waals surface area contributed by atoms with Crippen LogP contribution in [-0.2, 0) is 17.2 Å². The lowest BCUT2D eigenvalue weighted by molar-refractivity contribution is 0.142. The highest BCUT2D eigenvalue weighted by atomic mass is 35.5. The number of rotatable bonds is 6. The first-order valence-electron chi connectivity index (χ1n) is 6.36. The van der Waals surface area contributed by atoms with Crippen LogP contribution >= 0.6 is 11.6 Å². The Morgan fingerprint density at radius 1 is 1.39 bits per heavy atom. The van der Waals surface area contributed by atoms with Crippen molar-refractivity contribution in [1.29, 1.82) is 0 Å². The van der Waals surface area contributed by atoms with Crippen molar-refractivity contribution in [2.24, 2.45) is 0 Å². The van der Waals surface area contributed by atoms with Crippen LogP contribution in [-0.4, -0.2) is 22.8 Å². The second-order valence-corrected chi connectivity index (χ2v) is 4.57. The molecule has 0 aliphatic rings. The fourth-order valence-corrected chi connectivity index (χ4v) is 2.43. The maximum Gasteiger partial charge on any atom is 0.124 e. The maximum absolute atomic E-state index is 5.98. The highest BCUT2D eigenvalue weighted by molar-refractivity contribution is 6.16. The van der Waals surface area contributed by atoms with Crippen molar-refractivity contribution in [2.45, 2.75) is 32.7 Å². The fourth-order valence-electron chi connectivity index (χ4n) is 2.23. The molecule has 0 saturated heterocycles. The molecule has 0 spiro atoms. The summed E-state index contributed by atoms with van der Waals surface area (Å²) in [5.41, 5.74) is 3.47. The molecular weight excluding hydrogens is 248 g/mol. The average molecular weight is 267 g/mol. The molecule has 0 amide bonds. The molecule has 3 nitrogen and oxygen atoms in total. The van der Waals surface area contributed by atoms with E-state index >= 15 is 0 Å². The minimum absolute atomic E-state index is 0.447. The minimum atomic E-state index is 0.447. The summed E-state index contributed by atoms with van der Waals surface area (Å²) in [4.78, 5) is 4.58. The molecule has 2 rings (SSSR count). The molecule has 0 N–H and O–H groups in total. The zero-order valence-electron chi connectivity index (χ0n) is 10.9. The summed E-state index contributed by atoms with van der Waals surface area (Å²) in [6.45, 7) is 6.58. The molecule has 0 aliphatic heterocycles. The number of fused-ring (bicyclic) bond motifs is 1. The van der Waals surface area contributed by atoms with Gasteiger partial charge >= 0.3 is 0 Å². The van der Waals surface area contributed by atoms with Crippen molar-refractivity contribution in [3.8, 4) is 0 Å². The van der Waals surface area contributed by atoms with E-state index in [-0.39, 0.29) is 0 Å². The van der Waals surface area contributed by atoms with E-state index in [0.29, 0.717) is 5.88 Å². The third-order valence-electron chi connectivity index (χ3n) is 3.04. The van der Waals surface area contributed by atoms with E-state index in [2.05, 4.69) is 22.5 Å². The molecule has 0 unspecified atom stereocenters. The summed E-state index contributed by atoms with van der Waals surface area (Å²) in [6.07, 6.45) is 0.984. The van der Waals surface area contributed by atoms with Gasteiger partial charge in [-0.2, -0.15) is 0 Å². The van der Waals surface area contributed by atoms with E-state index in [9.17, 15) is 0 Å². The molecule has 18 heavy (non-hydrogen) atoms. The van der Waals surface area contributed by atoms with E-state index in [0.717, 1.165) is 37.5 Å². The Morgan fingerprint density at radius 3 is 2.94 bits per heavy atom. The summed E-state index contributed by atoms with van der Waals surface area (Å²) in [6, 6.07) is 6.19. The first kappa shape index (κ1) is 13.4. The van der Waals surface area contributed by atoms with Crippen LogP contribution < -0.4 is 0 Å². The molecule has 0 atom stereocenters. The number of aromatic nitrogens is 2. The number of benzene rings is 1. The van der Waals surface area contributed by atoms with Crippen LogP contribution in [0.25, 0.3) is 11.0 Å². The zero-order valence-corrected chi connectivity index (χ0v) is 11.7. The third kappa shape index (κ3) is 2.68. The molecule has 0 radical (unpaired) electrons. The topological polar surface area (TPSA) is 27.1 Å². The number of para-hydroxylation sites is 1. The average Bonchev–Trinajstić information content (AvgIpc) is 2.74. The normalized spacial score (nSPS) is 11.3. The van der Waals surface area contributed by atoms with Crippen molar-refractivity contribution < 1.29 is 4.74 Å². The molecule has 0 bridgehead atoms. The van der Waals surface area contributed by atoms with Crippen molar-refractivity contribution in [3.05, 3.63) is 29.6 Å². The van der Waals surface area contributed by atoms with Gasteiger partial charge in [0.25, 0.3) is 0 Å². The highest BCUT2D eigenvalue weighted by Crippen LogP contribution is 2.21. The van der Waals surface area contributed by atoms with E-state index < -0.39 is 0 Å². The van der Waals surface area contributed by atoms with E-state index in [1.54, 1.807) is 0 Å². The van der Waals surface area contributed by atoms with Gasteiger partial charge in [-0.15, -0.1) is 11.6 Å². The molecule has 1 heterocycles. The molecule has 0 fully saturated rings. The quantitative estimate of drug-likeness (QED) is 0.591. The standard InChI is InChI=1S/C14H19ClN2O/c1-3-18-9-5-8-17-13(10-15)16-12-7-4-6-11(2)14(12)17/h4,6-7H,3,5,8-10H2,1-2H3. The summed E-state index contributed by atoms with van der Waals surface area (Å²) in [5, 5.41) is 0. The van der Waals surface area contributed by atoms with Gasteiger partial charge in [0.2, 0.25) is 0 Å². The molecule has 0 aliphatic carbocycles. The van der Waals surface area contributed by atoms with Gasteiger partial charge in [0.1, 0.15) is 5.82 Å². The summed E-state index contributed by atoms with van der Waals surface area (Å²) >= 11 is 5.98. The number of ether oxygens (including phenoxy) is 1. The second-order valence-electron chi connectivity index (χ2n) is 4.31. The second kappa shape index (κ2) is 6.21. The predicted octanol–water partition coefficient (Wildman–Crippen LogP) is 3.51. The number of alkyl halides is 1. The third-order valence-corrected chi connectivity index (χ3v) is 3.28. The Labute approximate surface area is 113 Å². The smallest absolute Gasteiger partial charge is 0.124 e. The molecule has 1 aromatic heterocycles. The predicted molar refractivity (Wildman–Crippen MR) is 75.1 cm³/mol. The number of hydrogen-bond acceptors (Lipinski definition) is 2. The van der Waals surface area contributed by atoms with Gasteiger partial charge < -0.3 is 9.30 Å². The van der Waals surface area contributed by atoms with Crippen LogP contribution in [0.3, 0.4) is 0 Å². The van der Waals surface area contributed by atoms with Crippen molar-refractivity contribution >= 4 is 22.6 Å². The van der Waals surface area contributed by atoms with Gasteiger partial charge in [-0.3, -0.25) is 0 Å². The highest BCUT2D eigenvalue weighted by Gasteiger charge is 2.11. The first-order valence-corrected chi connectivity index (χ1v) is 6.89. The molecular formula is C14H19ClN2O. The Hall–Kier alpha value is -1.06. The zero-order chi connectivity index (χ0) is 13.0. The van der Waals surface area contributed by atoms with Crippen molar-refractivity contribution in [3.63, 3.8) is 0 Å². The van der Waals surface area contributed by atoms with Gasteiger partial charge in [0, 0.05) is 19.8 Å². The van der Waals surface area contributed by atoms with Gasteiger partial charge in [-0.05, 0) is 31.9 Å². The van der Waals surface area contributed by atoms with Crippen molar-refractivity contribution in [1.82, 2.24) is 9.55 Å². The Kier molecular flexibility index (Phi) is 4.61. The summed E-state index contributed by atoms with van der Waals surface area (Å²) in [5.74, 6) is 1.39. The SMILES string of the molecule is CCOCCCn1c(CCl)nc2cccc(C)c21. The lowest BCUT2D eigenvalue weighted by Crippen LogP contribution is -2.06. The largest absolute Gasteiger partial charge is 0.382 e. The summed E-state index contributed by atoms with van der Waals surface area (Å²) in [7, 11) is 0. The molecule has 1 aromatic carbocycles. The molecule has 0 saturated carbocycles. The molecule has 98 valence electrons. The van der Waals surface area contributed by atoms with Crippen LogP contribution in [0.1, 0.15) is 24.7 Å². The van der Waals surface area contributed by atoms with Gasteiger partial charge in [0.05, 0.1) is 16.9 Å². The summed E-state index contributed by atoms with van der Waals surface area (Å²) < 4.78 is 7.60. The Morgan fingerprint density at radius 2 is 2.22 bits per heavy atom. The van der Waals surface area contributed by atoms with Crippen LogP contribution in [0.15, 0.2) is 18.2 Å². The van der Waals surface area contributed by atoms with Crippen LogP contribution in [0.2, 0.25) is 0 Å². The lowest BCUT2D eigenvalue weighted by atomic mass is 10.2. The van der Waals surface area contributed by atoms with E-state index in [4.69, 9.17) is 16.3 Å². The van der Waals surface area contributed by atoms with Gasteiger partial charge in [0.15, 0.2) is 0 Å². The number of halogens is 1. The number of hydrogen-bond donors (Lipinski definition) is 0.